The van der Waals surface area contributed by atoms with Crippen LogP contribution in [0.2, 0.25) is 0 Å². The van der Waals surface area contributed by atoms with Crippen molar-refractivity contribution in [3.05, 3.63) is 6.33 Å². The molecular formula is C9H10N6O3S. The second-order valence-electron chi connectivity index (χ2n) is 4.28. The molecule has 2 aliphatic rings. The Morgan fingerprint density at radius 1 is 1.42 bits per heavy atom. The van der Waals surface area contributed by atoms with Gasteiger partial charge in [0, 0.05) is 13.1 Å². The van der Waals surface area contributed by atoms with E-state index in [9.17, 15) is 14.4 Å². The Balaban J connectivity index is 1.54. The molecule has 0 spiro atoms. The highest BCUT2D eigenvalue weighted by Crippen LogP contribution is 2.26. The number of nitrogens with zero attached hydrogens (tertiary/aromatic N) is 6. The highest BCUT2D eigenvalue weighted by molar-refractivity contribution is 8.14. The van der Waals surface area contributed by atoms with Crippen LogP contribution in [0, 0.1) is 0 Å². The molecule has 9 nitrogen and oxygen atoms in total. The number of thioether (sulfide) groups is 1. The normalized spacial score (nSPS) is 20.0. The van der Waals surface area contributed by atoms with Crippen molar-refractivity contribution in [3.8, 4) is 0 Å². The number of likely N-dealkylation sites (tertiary alicyclic amines) is 1. The van der Waals surface area contributed by atoms with Crippen LogP contribution in [0.3, 0.4) is 0 Å². The van der Waals surface area contributed by atoms with E-state index < -0.39 is 0 Å². The summed E-state index contributed by atoms with van der Waals surface area (Å²) in [6, 6.07) is -0.187. The van der Waals surface area contributed by atoms with Gasteiger partial charge in [-0.1, -0.05) is 11.8 Å². The van der Waals surface area contributed by atoms with E-state index in [4.69, 9.17) is 0 Å². The number of hydrogen-bond donors (Lipinski definition) is 0. The second kappa shape index (κ2) is 4.61. The summed E-state index contributed by atoms with van der Waals surface area (Å²) in [6.45, 7) is 0.842. The first-order valence-corrected chi connectivity index (χ1v) is 6.61. The van der Waals surface area contributed by atoms with Gasteiger partial charge in [0.15, 0.2) is 0 Å². The van der Waals surface area contributed by atoms with Gasteiger partial charge in [0.25, 0.3) is 5.24 Å². The number of aromatic nitrogens is 4. The standard InChI is InChI=1S/C9H10N6O3S/c16-7(3-14-5-10-11-12-14)13-1-6(2-13)15-8(17)4-19-9(15)18/h5-6H,1-4H2. The van der Waals surface area contributed by atoms with Crippen LogP contribution in [-0.2, 0) is 16.1 Å². The SMILES string of the molecule is O=C(Cn1cnnn1)N1CC(N2C(=O)CSC2=O)C1. The lowest BCUT2D eigenvalue weighted by Crippen LogP contribution is -2.62. The van der Waals surface area contributed by atoms with Crippen LogP contribution in [0.5, 0.6) is 0 Å². The number of tetrazole rings is 1. The molecule has 10 heteroatoms. The maximum absolute atomic E-state index is 11.8. The molecule has 19 heavy (non-hydrogen) atoms. The molecule has 0 radical (unpaired) electrons. The fourth-order valence-electron chi connectivity index (χ4n) is 2.03. The summed E-state index contributed by atoms with van der Waals surface area (Å²) in [5, 5.41) is 10.3. The van der Waals surface area contributed by atoms with E-state index in [0.29, 0.717) is 13.1 Å². The van der Waals surface area contributed by atoms with Crippen LogP contribution in [0.15, 0.2) is 6.33 Å². The largest absolute Gasteiger partial charge is 0.337 e. The predicted octanol–water partition coefficient (Wildman–Crippen LogP) is -1.42. The van der Waals surface area contributed by atoms with Gasteiger partial charge >= 0.3 is 0 Å². The number of carbonyl (C=O) groups excluding carboxylic acids is 3. The number of carbonyl (C=O) groups is 3. The molecule has 2 aliphatic heterocycles. The molecule has 1 aromatic heterocycles. The number of hydrogen-bond acceptors (Lipinski definition) is 7. The van der Waals surface area contributed by atoms with Crippen LogP contribution in [0.25, 0.3) is 0 Å². The highest BCUT2D eigenvalue weighted by Gasteiger charge is 2.43. The maximum atomic E-state index is 11.8. The third-order valence-corrected chi connectivity index (χ3v) is 3.89. The molecule has 0 aliphatic carbocycles. The molecule has 2 fully saturated rings. The monoisotopic (exact) mass is 282 g/mol. The van der Waals surface area contributed by atoms with Crippen molar-refractivity contribution in [2.45, 2.75) is 12.6 Å². The fourth-order valence-corrected chi connectivity index (χ4v) is 2.81. The number of rotatable bonds is 3. The predicted molar refractivity (Wildman–Crippen MR) is 62.9 cm³/mol. The molecule has 0 atom stereocenters. The van der Waals surface area contributed by atoms with Gasteiger partial charge in [-0.2, -0.15) is 0 Å². The summed E-state index contributed by atoms with van der Waals surface area (Å²) in [4.78, 5) is 37.7. The molecular weight excluding hydrogens is 272 g/mol. The van der Waals surface area contributed by atoms with E-state index in [1.807, 2.05) is 0 Å². The van der Waals surface area contributed by atoms with Crippen molar-refractivity contribution < 1.29 is 14.4 Å². The molecule has 0 bridgehead atoms. The first-order valence-electron chi connectivity index (χ1n) is 5.62. The topological polar surface area (TPSA) is 101 Å². The van der Waals surface area contributed by atoms with Crippen LogP contribution < -0.4 is 0 Å². The zero-order chi connectivity index (χ0) is 13.4. The zero-order valence-electron chi connectivity index (χ0n) is 9.80. The summed E-state index contributed by atoms with van der Waals surface area (Å²) >= 11 is 1.01. The van der Waals surface area contributed by atoms with E-state index in [1.54, 1.807) is 4.90 Å². The van der Waals surface area contributed by atoms with Gasteiger partial charge in [-0.15, -0.1) is 5.10 Å². The minimum Gasteiger partial charge on any atom is -0.337 e. The molecule has 3 rings (SSSR count). The first kappa shape index (κ1) is 12.1. The van der Waals surface area contributed by atoms with E-state index in [0.717, 1.165) is 11.8 Å². The molecule has 100 valence electrons. The van der Waals surface area contributed by atoms with Gasteiger partial charge in [0.1, 0.15) is 12.9 Å². The van der Waals surface area contributed by atoms with Crippen LogP contribution >= 0.6 is 11.8 Å². The molecule has 0 unspecified atom stereocenters. The maximum Gasteiger partial charge on any atom is 0.289 e. The summed E-state index contributed by atoms with van der Waals surface area (Å²) < 4.78 is 1.33. The number of imide groups is 1. The third-order valence-electron chi connectivity index (χ3n) is 3.05. The van der Waals surface area contributed by atoms with Gasteiger partial charge < -0.3 is 4.90 Å². The second-order valence-corrected chi connectivity index (χ2v) is 5.20. The Morgan fingerprint density at radius 2 is 2.21 bits per heavy atom. The minimum atomic E-state index is -0.220. The minimum absolute atomic E-state index is 0.0658. The van der Waals surface area contributed by atoms with Gasteiger partial charge in [-0.05, 0) is 10.4 Å². The van der Waals surface area contributed by atoms with Gasteiger partial charge in [0.05, 0.1) is 11.8 Å². The van der Waals surface area contributed by atoms with Crippen molar-refractivity contribution >= 4 is 28.8 Å². The quantitative estimate of drug-likeness (QED) is 0.670. The van der Waals surface area contributed by atoms with Gasteiger partial charge in [-0.3, -0.25) is 19.3 Å². The molecule has 0 N–H and O–H groups in total. The molecule has 0 aromatic carbocycles. The Hall–Kier alpha value is -1.97. The summed E-state index contributed by atoms with van der Waals surface area (Å²) in [6.07, 6.45) is 1.36. The highest BCUT2D eigenvalue weighted by atomic mass is 32.2. The molecule has 3 heterocycles. The molecule has 2 saturated heterocycles. The summed E-state index contributed by atoms with van der Waals surface area (Å²) in [5.41, 5.74) is 0. The Labute approximate surface area is 111 Å². The zero-order valence-corrected chi connectivity index (χ0v) is 10.6. The fraction of sp³-hybridized carbons (Fsp3) is 0.556. The van der Waals surface area contributed by atoms with E-state index in [-0.39, 0.29) is 35.4 Å². The lowest BCUT2D eigenvalue weighted by Gasteiger charge is -2.42. The molecule has 1 aromatic rings. The van der Waals surface area contributed by atoms with Gasteiger partial charge in [-0.25, -0.2) is 4.68 Å². The van der Waals surface area contributed by atoms with Crippen molar-refractivity contribution in [1.82, 2.24) is 30.0 Å². The van der Waals surface area contributed by atoms with Crippen LogP contribution in [0.4, 0.5) is 4.79 Å². The van der Waals surface area contributed by atoms with Crippen molar-refractivity contribution in [3.63, 3.8) is 0 Å². The summed E-state index contributed by atoms with van der Waals surface area (Å²) in [7, 11) is 0. The average molecular weight is 282 g/mol. The molecule has 3 amide bonds. The smallest absolute Gasteiger partial charge is 0.289 e. The van der Waals surface area contributed by atoms with E-state index in [1.165, 1.54) is 15.9 Å². The first-order chi connectivity index (χ1) is 9.15. The average Bonchev–Trinajstić information content (AvgIpc) is 2.91. The summed E-state index contributed by atoms with van der Waals surface area (Å²) in [5.74, 6) is -0.101. The van der Waals surface area contributed by atoms with Crippen LogP contribution in [0.1, 0.15) is 0 Å². The van der Waals surface area contributed by atoms with Crippen molar-refractivity contribution in [2.24, 2.45) is 0 Å². The molecule has 0 saturated carbocycles. The van der Waals surface area contributed by atoms with Crippen molar-refractivity contribution in [2.75, 3.05) is 18.8 Å². The van der Waals surface area contributed by atoms with E-state index >= 15 is 0 Å². The Morgan fingerprint density at radius 3 is 2.79 bits per heavy atom. The Kier molecular flexibility index (Phi) is 2.93. The van der Waals surface area contributed by atoms with Crippen LogP contribution in [-0.4, -0.2) is 71.9 Å². The van der Waals surface area contributed by atoms with Gasteiger partial charge in [0.2, 0.25) is 11.8 Å². The Bertz CT molecular complexity index is 510. The third kappa shape index (κ3) is 2.18. The number of amides is 3. The van der Waals surface area contributed by atoms with E-state index in [2.05, 4.69) is 15.5 Å². The lowest BCUT2D eigenvalue weighted by molar-refractivity contribution is -0.142. The lowest BCUT2D eigenvalue weighted by atomic mass is 10.1. The van der Waals surface area contributed by atoms with Crippen molar-refractivity contribution in [1.29, 1.82) is 0 Å².